The fourth-order valence-corrected chi connectivity index (χ4v) is 2.25. The molecule has 1 aromatic heterocycles. The first-order chi connectivity index (χ1) is 10.6. The van der Waals surface area contributed by atoms with E-state index in [1.807, 2.05) is 12.1 Å². The molecular weight excluding hydrogens is 339 g/mol. The Morgan fingerprint density at radius 3 is 2.78 bits per heavy atom. The van der Waals surface area contributed by atoms with Gasteiger partial charge in [0, 0.05) is 23.9 Å². The second-order valence-electron chi connectivity index (χ2n) is 4.87. The summed E-state index contributed by atoms with van der Waals surface area (Å²) in [5, 5.41) is 9.40. The molecule has 2 rings (SSSR count). The number of carbonyl (C=O) groups is 1. The van der Waals surface area contributed by atoms with Crippen LogP contribution in [0, 0.1) is 0 Å². The number of aliphatic carboxylic acids is 1. The zero-order valence-corrected chi connectivity index (χ0v) is 13.9. The van der Waals surface area contributed by atoms with Crippen molar-refractivity contribution in [1.82, 2.24) is 4.98 Å². The Morgan fingerprint density at radius 2 is 2.17 bits per heavy atom. The minimum atomic E-state index is -0.886. The highest BCUT2D eigenvalue weighted by Crippen LogP contribution is 2.30. The molecule has 3 N–H and O–H groups in total. The van der Waals surface area contributed by atoms with Gasteiger partial charge in [-0.1, -0.05) is 23.7 Å². The normalized spacial score (nSPS) is 11.4. The third-order valence-corrected chi connectivity index (χ3v) is 3.56. The maximum absolute atomic E-state index is 10.9. The van der Waals surface area contributed by atoms with Gasteiger partial charge in [0.2, 0.25) is 0 Å². The van der Waals surface area contributed by atoms with Gasteiger partial charge in [0.25, 0.3) is 0 Å². The maximum Gasteiger partial charge on any atom is 0.304 e. The lowest BCUT2D eigenvalue weighted by Gasteiger charge is -2.15. The van der Waals surface area contributed by atoms with E-state index < -0.39 is 5.97 Å². The number of carboxylic acid groups (broad SMARTS) is 1. The van der Waals surface area contributed by atoms with Crippen molar-refractivity contribution in [3.05, 3.63) is 58.9 Å². The number of halogens is 2. The lowest BCUT2D eigenvalue weighted by Crippen LogP contribution is -2.16. The molecule has 0 aliphatic rings. The molecule has 5 nitrogen and oxygen atoms in total. The number of rotatable bonds is 7. The highest BCUT2D eigenvalue weighted by Gasteiger charge is 2.16. The monoisotopic (exact) mass is 356 g/mol. The second-order valence-corrected chi connectivity index (χ2v) is 5.28. The largest absolute Gasteiger partial charge is 0.487 e. The Morgan fingerprint density at radius 1 is 1.39 bits per heavy atom. The molecule has 124 valence electrons. The summed E-state index contributed by atoms with van der Waals surface area (Å²) >= 11 is 6.13. The molecule has 0 amide bonds. The standard InChI is InChI=1S/C16H17ClN2O3.ClH/c17-14-4-3-12(13(8-18)7-16(20)21)6-15(14)22-10-11-2-1-5-19-9-11;/h1-6,9,13H,7-8,10,18H2,(H,20,21);1H/t13-;/m0./s1. The number of ether oxygens (including phenoxy) is 1. The van der Waals surface area contributed by atoms with E-state index in [1.54, 1.807) is 30.6 Å². The summed E-state index contributed by atoms with van der Waals surface area (Å²) in [6, 6.07) is 8.95. The molecule has 1 heterocycles. The first-order valence-corrected chi connectivity index (χ1v) is 7.21. The fraction of sp³-hybridized carbons (Fsp3) is 0.250. The number of pyridine rings is 1. The van der Waals surface area contributed by atoms with Gasteiger partial charge < -0.3 is 15.6 Å². The van der Waals surface area contributed by atoms with Crippen molar-refractivity contribution in [2.75, 3.05) is 6.54 Å². The van der Waals surface area contributed by atoms with Crippen LogP contribution in [-0.4, -0.2) is 22.6 Å². The van der Waals surface area contributed by atoms with E-state index >= 15 is 0 Å². The zero-order chi connectivity index (χ0) is 15.9. The number of aromatic nitrogens is 1. The summed E-state index contributed by atoms with van der Waals surface area (Å²) in [4.78, 5) is 14.9. The van der Waals surface area contributed by atoms with Crippen molar-refractivity contribution in [2.45, 2.75) is 18.9 Å². The van der Waals surface area contributed by atoms with E-state index in [0.717, 1.165) is 11.1 Å². The van der Waals surface area contributed by atoms with Crippen LogP contribution in [0.25, 0.3) is 0 Å². The van der Waals surface area contributed by atoms with Crippen LogP contribution in [0.5, 0.6) is 5.75 Å². The topological polar surface area (TPSA) is 85.4 Å². The number of benzene rings is 1. The van der Waals surface area contributed by atoms with E-state index in [0.29, 0.717) is 17.4 Å². The van der Waals surface area contributed by atoms with Crippen LogP contribution in [0.2, 0.25) is 5.02 Å². The lowest BCUT2D eigenvalue weighted by atomic mass is 9.96. The Hall–Kier alpha value is -1.82. The molecule has 0 bridgehead atoms. The summed E-state index contributed by atoms with van der Waals surface area (Å²) < 4.78 is 5.70. The van der Waals surface area contributed by atoms with Crippen molar-refractivity contribution in [2.24, 2.45) is 5.73 Å². The van der Waals surface area contributed by atoms with Crippen LogP contribution in [0.15, 0.2) is 42.7 Å². The SMILES string of the molecule is Cl.NC[C@H](CC(=O)O)c1ccc(Cl)c(OCc2cccnc2)c1. The third kappa shape index (κ3) is 5.71. The van der Waals surface area contributed by atoms with Crippen molar-refractivity contribution in [1.29, 1.82) is 0 Å². The molecule has 0 aliphatic carbocycles. The van der Waals surface area contributed by atoms with E-state index in [2.05, 4.69) is 4.98 Å². The van der Waals surface area contributed by atoms with Crippen molar-refractivity contribution >= 4 is 30.0 Å². The van der Waals surface area contributed by atoms with Gasteiger partial charge in [-0.3, -0.25) is 9.78 Å². The Kier molecular flexibility index (Phi) is 7.81. The fourth-order valence-electron chi connectivity index (χ4n) is 2.08. The summed E-state index contributed by atoms with van der Waals surface area (Å²) in [7, 11) is 0. The maximum atomic E-state index is 10.9. The van der Waals surface area contributed by atoms with Gasteiger partial charge in [-0.05, 0) is 30.3 Å². The van der Waals surface area contributed by atoms with Crippen molar-refractivity contribution in [3.8, 4) is 5.75 Å². The summed E-state index contributed by atoms with van der Waals surface area (Å²) in [6.45, 7) is 0.583. The van der Waals surface area contributed by atoms with Crippen molar-refractivity contribution < 1.29 is 14.6 Å². The van der Waals surface area contributed by atoms with E-state index in [-0.39, 0.29) is 31.3 Å². The van der Waals surface area contributed by atoms with Crippen LogP contribution in [0.4, 0.5) is 0 Å². The van der Waals surface area contributed by atoms with Gasteiger partial charge >= 0.3 is 5.97 Å². The van der Waals surface area contributed by atoms with E-state index in [1.165, 1.54) is 0 Å². The van der Waals surface area contributed by atoms with Gasteiger partial charge in [-0.2, -0.15) is 0 Å². The molecule has 0 saturated carbocycles. The molecule has 1 atom stereocenters. The van der Waals surface area contributed by atoms with Crippen LogP contribution < -0.4 is 10.5 Å². The molecule has 2 aromatic rings. The Labute approximate surface area is 145 Å². The van der Waals surface area contributed by atoms with Gasteiger partial charge in [0.1, 0.15) is 12.4 Å². The summed E-state index contributed by atoms with van der Waals surface area (Å²) in [5.41, 5.74) is 7.38. The van der Waals surface area contributed by atoms with Crippen molar-refractivity contribution in [3.63, 3.8) is 0 Å². The molecule has 0 fully saturated rings. The predicted octanol–water partition coefficient (Wildman–Crippen LogP) is 3.25. The lowest BCUT2D eigenvalue weighted by molar-refractivity contribution is -0.137. The van der Waals surface area contributed by atoms with Gasteiger partial charge in [-0.15, -0.1) is 12.4 Å². The van der Waals surface area contributed by atoms with Gasteiger partial charge in [-0.25, -0.2) is 0 Å². The van der Waals surface area contributed by atoms with Crippen LogP contribution >= 0.6 is 24.0 Å². The molecule has 23 heavy (non-hydrogen) atoms. The molecule has 0 unspecified atom stereocenters. The predicted molar refractivity (Wildman–Crippen MR) is 91.3 cm³/mol. The Balaban J connectivity index is 0.00000264. The number of hydrogen-bond donors (Lipinski definition) is 2. The summed E-state index contributed by atoms with van der Waals surface area (Å²) in [5.74, 6) is -0.648. The minimum Gasteiger partial charge on any atom is -0.487 e. The average Bonchev–Trinajstić information content (AvgIpc) is 2.53. The van der Waals surface area contributed by atoms with Gasteiger partial charge in [0.05, 0.1) is 11.4 Å². The molecule has 0 aliphatic heterocycles. The molecule has 1 aromatic carbocycles. The average molecular weight is 357 g/mol. The highest BCUT2D eigenvalue weighted by molar-refractivity contribution is 6.32. The number of nitrogens with two attached hydrogens (primary N) is 1. The molecule has 0 radical (unpaired) electrons. The zero-order valence-electron chi connectivity index (χ0n) is 12.3. The molecular formula is C16H18Cl2N2O3. The number of nitrogens with zero attached hydrogens (tertiary/aromatic N) is 1. The van der Waals surface area contributed by atoms with E-state index in [9.17, 15) is 4.79 Å². The van der Waals surface area contributed by atoms with Crippen LogP contribution in [0.3, 0.4) is 0 Å². The number of carboxylic acids is 1. The highest BCUT2D eigenvalue weighted by atomic mass is 35.5. The first kappa shape index (κ1) is 19.2. The second kappa shape index (κ2) is 9.35. The van der Waals surface area contributed by atoms with E-state index in [4.69, 9.17) is 27.2 Å². The number of hydrogen-bond acceptors (Lipinski definition) is 4. The third-order valence-electron chi connectivity index (χ3n) is 3.25. The van der Waals surface area contributed by atoms with Crippen LogP contribution in [-0.2, 0) is 11.4 Å². The summed E-state index contributed by atoms with van der Waals surface area (Å²) in [6.07, 6.45) is 3.37. The molecule has 0 saturated heterocycles. The minimum absolute atomic E-state index is 0. The quantitative estimate of drug-likeness (QED) is 0.795. The first-order valence-electron chi connectivity index (χ1n) is 6.83. The Bertz CT molecular complexity index is 638. The molecule has 7 heteroatoms. The van der Waals surface area contributed by atoms with Crippen LogP contribution in [0.1, 0.15) is 23.5 Å². The molecule has 0 spiro atoms. The van der Waals surface area contributed by atoms with Gasteiger partial charge in [0.15, 0.2) is 0 Å². The smallest absolute Gasteiger partial charge is 0.304 e.